The molecule has 4 nitrogen and oxygen atoms in total. The Balaban J connectivity index is 2.47. The van der Waals surface area contributed by atoms with Gasteiger partial charge in [-0.25, -0.2) is 9.97 Å². The Morgan fingerprint density at radius 2 is 2.00 bits per heavy atom. The van der Waals surface area contributed by atoms with Crippen LogP contribution in [0.25, 0.3) is 5.82 Å². The zero-order valence-electron chi connectivity index (χ0n) is 10.0. The second-order valence-electron chi connectivity index (χ2n) is 3.68. The first-order valence-corrected chi connectivity index (χ1v) is 6.29. The average Bonchev–Trinajstić information content (AvgIpc) is 2.82. The maximum atomic E-state index is 5.78. The summed E-state index contributed by atoms with van der Waals surface area (Å²) in [6.07, 6.45) is 1.66. The van der Waals surface area contributed by atoms with Gasteiger partial charge in [0.25, 0.3) is 0 Å². The summed E-state index contributed by atoms with van der Waals surface area (Å²) >= 11 is 5.78. The van der Waals surface area contributed by atoms with Gasteiger partial charge in [0.15, 0.2) is 11.6 Å². The largest absolute Gasteiger partial charge is 0.232 e. The van der Waals surface area contributed by atoms with Crippen LogP contribution in [0.3, 0.4) is 0 Å². The molecule has 2 rings (SSSR count). The van der Waals surface area contributed by atoms with Gasteiger partial charge < -0.3 is 0 Å². The van der Waals surface area contributed by atoms with Gasteiger partial charge in [-0.3, -0.25) is 0 Å². The number of rotatable bonds is 4. The van der Waals surface area contributed by atoms with Gasteiger partial charge in [0.05, 0.1) is 11.6 Å². The molecule has 2 aromatic heterocycles. The quantitative estimate of drug-likeness (QED) is 0.784. The number of pyridine rings is 1. The number of halogens is 1. The second kappa shape index (κ2) is 5.27. The van der Waals surface area contributed by atoms with Crippen LogP contribution in [0, 0.1) is 0 Å². The molecule has 0 unspecified atom stereocenters. The first-order chi connectivity index (χ1) is 8.28. The first-order valence-electron chi connectivity index (χ1n) is 5.75. The molecule has 5 heteroatoms. The van der Waals surface area contributed by atoms with E-state index in [9.17, 15) is 0 Å². The molecule has 0 saturated heterocycles. The van der Waals surface area contributed by atoms with E-state index in [1.165, 1.54) is 0 Å². The van der Waals surface area contributed by atoms with Crippen LogP contribution < -0.4 is 0 Å². The lowest BCUT2D eigenvalue weighted by molar-refractivity contribution is 0.765. The third-order valence-corrected chi connectivity index (χ3v) is 2.77. The molecule has 2 aromatic rings. The van der Waals surface area contributed by atoms with Crippen molar-refractivity contribution in [2.75, 3.05) is 0 Å². The lowest BCUT2D eigenvalue weighted by atomic mass is 10.3. The molecule has 0 aliphatic carbocycles. The molecule has 0 fully saturated rings. The highest BCUT2D eigenvalue weighted by Gasteiger charge is 2.10. The van der Waals surface area contributed by atoms with Crippen molar-refractivity contribution in [3.05, 3.63) is 35.5 Å². The maximum Gasteiger partial charge on any atom is 0.155 e. The van der Waals surface area contributed by atoms with Crippen molar-refractivity contribution < 1.29 is 0 Å². The predicted molar refractivity (Wildman–Crippen MR) is 67.5 cm³/mol. The first kappa shape index (κ1) is 12.0. The highest BCUT2D eigenvalue weighted by Crippen LogP contribution is 2.10. The molecule has 0 aliphatic rings. The Hall–Kier alpha value is -1.42. The summed E-state index contributed by atoms with van der Waals surface area (Å²) < 4.78 is 1.80. The second-order valence-corrected chi connectivity index (χ2v) is 3.95. The van der Waals surface area contributed by atoms with E-state index in [2.05, 4.69) is 22.0 Å². The van der Waals surface area contributed by atoms with Gasteiger partial charge in [-0.05, 0) is 12.1 Å². The number of alkyl halides is 1. The van der Waals surface area contributed by atoms with Crippen LogP contribution in [0.15, 0.2) is 18.2 Å². The molecule has 2 heterocycles. The van der Waals surface area contributed by atoms with Crippen molar-refractivity contribution in [1.29, 1.82) is 0 Å². The van der Waals surface area contributed by atoms with Crippen molar-refractivity contribution >= 4 is 11.6 Å². The molecule has 0 aliphatic heterocycles. The summed E-state index contributed by atoms with van der Waals surface area (Å²) in [5, 5.41) is 4.45. The molecule has 0 amide bonds. The summed E-state index contributed by atoms with van der Waals surface area (Å²) in [5.41, 5.74) is 0.847. The molecule has 17 heavy (non-hydrogen) atoms. The standard InChI is InChI=1S/C12H15ClN4/c1-3-10-15-11(4-2)17(16-10)12-7-5-6-9(8-13)14-12/h5-7H,3-4,8H2,1-2H3. The van der Waals surface area contributed by atoms with Crippen LogP contribution in [-0.4, -0.2) is 19.7 Å². The fourth-order valence-electron chi connectivity index (χ4n) is 1.61. The van der Waals surface area contributed by atoms with Crippen molar-refractivity contribution in [2.45, 2.75) is 32.6 Å². The summed E-state index contributed by atoms with van der Waals surface area (Å²) in [5.74, 6) is 2.97. The van der Waals surface area contributed by atoms with Crippen LogP contribution in [0.2, 0.25) is 0 Å². The average molecular weight is 251 g/mol. The Kier molecular flexibility index (Phi) is 3.74. The van der Waals surface area contributed by atoms with E-state index in [0.29, 0.717) is 5.88 Å². The predicted octanol–water partition coefficient (Wildman–Crippen LogP) is 2.53. The number of aromatic nitrogens is 4. The molecule has 0 radical (unpaired) electrons. The fourth-order valence-corrected chi connectivity index (χ4v) is 1.76. The van der Waals surface area contributed by atoms with E-state index in [0.717, 1.165) is 36.0 Å². The van der Waals surface area contributed by atoms with Crippen molar-refractivity contribution in [3.8, 4) is 5.82 Å². The number of hydrogen-bond donors (Lipinski definition) is 0. The summed E-state index contributed by atoms with van der Waals surface area (Å²) in [7, 11) is 0. The Bertz CT molecular complexity index is 507. The molecule has 0 saturated carbocycles. The zero-order valence-corrected chi connectivity index (χ0v) is 10.8. The minimum absolute atomic E-state index is 0.407. The number of aryl methyl sites for hydroxylation is 2. The lowest BCUT2D eigenvalue weighted by Crippen LogP contribution is -2.05. The van der Waals surface area contributed by atoms with Crippen molar-refractivity contribution in [2.24, 2.45) is 0 Å². The molecule has 0 aromatic carbocycles. The topological polar surface area (TPSA) is 43.6 Å². The van der Waals surface area contributed by atoms with E-state index < -0.39 is 0 Å². The molecular formula is C12H15ClN4. The van der Waals surface area contributed by atoms with Gasteiger partial charge in [0, 0.05) is 12.8 Å². The molecule has 0 atom stereocenters. The van der Waals surface area contributed by atoms with Gasteiger partial charge in [-0.2, -0.15) is 4.68 Å². The van der Waals surface area contributed by atoms with Crippen LogP contribution >= 0.6 is 11.6 Å². The van der Waals surface area contributed by atoms with Crippen LogP contribution in [0.1, 0.15) is 31.2 Å². The summed E-state index contributed by atoms with van der Waals surface area (Å²) in [6, 6.07) is 5.76. The minimum Gasteiger partial charge on any atom is -0.232 e. The van der Waals surface area contributed by atoms with Gasteiger partial charge in [0.1, 0.15) is 5.82 Å². The zero-order chi connectivity index (χ0) is 12.3. The van der Waals surface area contributed by atoms with E-state index in [1.54, 1.807) is 4.68 Å². The van der Waals surface area contributed by atoms with Crippen LogP contribution in [0.5, 0.6) is 0 Å². The Morgan fingerprint density at radius 1 is 1.18 bits per heavy atom. The van der Waals surface area contributed by atoms with Crippen LogP contribution in [-0.2, 0) is 18.7 Å². The lowest BCUT2D eigenvalue weighted by Gasteiger charge is -2.04. The van der Waals surface area contributed by atoms with Gasteiger partial charge in [0.2, 0.25) is 0 Å². The van der Waals surface area contributed by atoms with E-state index in [-0.39, 0.29) is 0 Å². The maximum absolute atomic E-state index is 5.78. The van der Waals surface area contributed by atoms with Gasteiger partial charge in [-0.15, -0.1) is 16.7 Å². The molecular weight excluding hydrogens is 236 g/mol. The van der Waals surface area contributed by atoms with Crippen molar-refractivity contribution in [1.82, 2.24) is 19.7 Å². The van der Waals surface area contributed by atoms with Crippen molar-refractivity contribution in [3.63, 3.8) is 0 Å². The third kappa shape index (κ3) is 2.47. The molecule has 0 bridgehead atoms. The third-order valence-electron chi connectivity index (χ3n) is 2.50. The SMILES string of the molecule is CCc1nc(CC)n(-c2cccc(CCl)n2)n1. The number of nitrogens with zero attached hydrogens (tertiary/aromatic N) is 4. The highest BCUT2D eigenvalue weighted by atomic mass is 35.5. The molecule has 0 N–H and O–H groups in total. The molecule has 90 valence electrons. The monoisotopic (exact) mass is 250 g/mol. The molecule has 0 spiro atoms. The minimum atomic E-state index is 0.407. The summed E-state index contributed by atoms with van der Waals surface area (Å²) in [6.45, 7) is 4.10. The highest BCUT2D eigenvalue weighted by molar-refractivity contribution is 6.16. The van der Waals surface area contributed by atoms with E-state index >= 15 is 0 Å². The Labute approximate surface area is 106 Å². The van der Waals surface area contributed by atoms with Crippen LogP contribution in [0.4, 0.5) is 0 Å². The van der Waals surface area contributed by atoms with Gasteiger partial charge in [-0.1, -0.05) is 19.9 Å². The fraction of sp³-hybridized carbons (Fsp3) is 0.417. The summed E-state index contributed by atoms with van der Waals surface area (Å²) in [4.78, 5) is 8.90. The van der Waals surface area contributed by atoms with Gasteiger partial charge >= 0.3 is 0 Å². The van der Waals surface area contributed by atoms with E-state index in [4.69, 9.17) is 11.6 Å². The normalized spacial score (nSPS) is 10.8. The number of hydrogen-bond acceptors (Lipinski definition) is 3. The smallest absolute Gasteiger partial charge is 0.155 e. The Morgan fingerprint density at radius 3 is 2.65 bits per heavy atom. The van der Waals surface area contributed by atoms with E-state index in [1.807, 2.05) is 25.1 Å².